The highest BCUT2D eigenvalue weighted by Crippen LogP contribution is 2.23. The van der Waals surface area contributed by atoms with Gasteiger partial charge in [0.25, 0.3) is 0 Å². The van der Waals surface area contributed by atoms with Crippen LogP contribution in [0.2, 0.25) is 0 Å². The lowest BCUT2D eigenvalue weighted by Gasteiger charge is -2.16. The van der Waals surface area contributed by atoms with Crippen LogP contribution in [0, 0.1) is 5.41 Å². The van der Waals surface area contributed by atoms with Crippen LogP contribution in [0.1, 0.15) is 24.2 Å². The summed E-state index contributed by atoms with van der Waals surface area (Å²) >= 11 is 0. The molecule has 1 aromatic rings. The van der Waals surface area contributed by atoms with E-state index in [0.29, 0.717) is 5.56 Å². The molecule has 0 aromatic heterocycles. The number of Topliss-reactive ketones (excluding diaryl/α,β-unsaturated/α-hetero) is 1. The number of ketones is 1. The molecule has 0 aliphatic carbocycles. The van der Waals surface area contributed by atoms with E-state index in [1.165, 1.54) is 13.8 Å². The molecular weight excluding hydrogens is 183 g/mol. The minimum absolute atomic E-state index is 0.350. The van der Waals surface area contributed by atoms with Crippen LogP contribution in [0.4, 0.5) is 4.39 Å². The van der Waals surface area contributed by atoms with Gasteiger partial charge < -0.3 is 0 Å². The van der Waals surface area contributed by atoms with Crippen molar-refractivity contribution in [2.45, 2.75) is 13.8 Å². The standard InChI is InChI=1S/C11H11FO2/c1-11(2,10(12)14)9(13)8-6-4-3-5-7-8/h3-7H,1-2H3. The summed E-state index contributed by atoms with van der Waals surface area (Å²) in [5.41, 5.74) is -1.23. The summed E-state index contributed by atoms with van der Waals surface area (Å²) in [6, 6.07) is 6.62. The molecule has 0 saturated heterocycles. The van der Waals surface area contributed by atoms with Gasteiger partial charge in [-0.15, -0.1) is 0 Å². The minimum Gasteiger partial charge on any atom is -0.293 e. The van der Waals surface area contributed by atoms with E-state index in [1.807, 2.05) is 0 Å². The third-order valence-electron chi connectivity index (χ3n) is 2.10. The first-order valence-corrected chi connectivity index (χ1v) is 4.26. The molecule has 1 aromatic carbocycles. The lowest BCUT2D eigenvalue weighted by Crippen LogP contribution is -2.30. The SMILES string of the molecule is CC(C)(C(=O)F)C(=O)c1ccccc1. The molecular formula is C11H11FO2. The van der Waals surface area contributed by atoms with Gasteiger partial charge in [0.2, 0.25) is 0 Å². The first-order chi connectivity index (χ1) is 6.46. The first-order valence-electron chi connectivity index (χ1n) is 4.26. The molecule has 0 aliphatic heterocycles. The van der Waals surface area contributed by atoms with E-state index in [2.05, 4.69) is 0 Å². The molecule has 0 aliphatic rings. The lowest BCUT2D eigenvalue weighted by molar-refractivity contribution is -0.135. The molecule has 2 nitrogen and oxygen atoms in total. The Morgan fingerprint density at radius 2 is 1.64 bits per heavy atom. The fourth-order valence-corrected chi connectivity index (χ4v) is 1.04. The van der Waals surface area contributed by atoms with Crippen molar-refractivity contribution in [2.24, 2.45) is 5.41 Å². The van der Waals surface area contributed by atoms with Gasteiger partial charge in [-0.05, 0) is 13.8 Å². The second-order valence-corrected chi connectivity index (χ2v) is 3.59. The number of carbonyl (C=O) groups is 2. The van der Waals surface area contributed by atoms with Crippen molar-refractivity contribution < 1.29 is 14.0 Å². The van der Waals surface area contributed by atoms with Gasteiger partial charge in [0.05, 0.1) is 0 Å². The van der Waals surface area contributed by atoms with Gasteiger partial charge in [0, 0.05) is 5.56 Å². The van der Waals surface area contributed by atoms with E-state index in [0.717, 1.165) is 0 Å². The Bertz CT molecular complexity index is 355. The fraction of sp³-hybridized carbons (Fsp3) is 0.273. The van der Waals surface area contributed by atoms with Crippen LogP contribution >= 0.6 is 0 Å². The topological polar surface area (TPSA) is 34.1 Å². The normalized spacial score (nSPS) is 11.1. The maximum atomic E-state index is 12.6. The zero-order valence-corrected chi connectivity index (χ0v) is 8.08. The Balaban J connectivity index is 3.03. The molecule has 14 heavy (non-hydrogen) atoms. The molecule has 0 fully saturated rings. The quantitative estimate of drug-likeness (QED) is 0.420. The highest BCUT2D eigenvalue weighted by atomic mass is 19.1. The summed E-state index contributed by atoms with van der Waals surface area (Å²) in [7, 11) is 0. The van der Waals surface area contributed by atoms with Crippen molar-refractivity contribution in [3.63, 3.8) is 0 Å². The van der Waals surface area contributed by atoms with Crippen molar-refractivity contribution in [3.8, 4) is 0 Å². The average Bonchev–Trinajstić information content (AvgIpc) is 2.17. The maximum absolute atomic E-state index is 12.6. The highest BCUT2D eigenvalue weighted by molar-refractivity contribution is 6.11. The molecule has 0 heterocycles. The monoisotopic (exact) mass is 194 g/mol. The molecule has 0 N–H and O–H groups in total. The molecule has 74 valence electrons. The molecule has 0 bridgehead atoms. The van der Waals surface area contributed by atoms with Crippen LogP contribution in [-0.2, 0) is 4.79 Å². The Morgan fingerprint density at radius 1 is 1.14 bits per heavy atom. The van der Waals surface area contributed by atoms with Crippen LogP contribution in [0.25, 0.3) is 0 Å². The van der Waals surface area contributed by atoms with E-state index >= 15 is 0 Å². The molecule has 0 spiro atoms. The molecule has 1 rings (SSSR count). The van der Waals surface area contributed by atoms with Gasteiger partial charge in [-0.1, -0.05) is 30.3 Å². The van der Waals surface area contributed by atoms with Crippen molar-refractivity contribution in [1.82, 2.24) is 0 Å². The zero-order chi connectivity index (χ0) is 10.8. The summed E-state index contributed by atoms with van der Waals surface area (Å²) in [6.45, 7) is 2.56. The number of hydrogen-bond acceptors (Lipinski definition) is 2. The van der Waals surface area contributed by atoms with E-state index in [4.69, 9.17) is 0 Å². The second kappa shape index (κ2) is 3.70. The number of benzene rings is 1. The van der Waals surface area contributed by atoms with Crippen LogP contribution in [-0.4, -0.2) is 11.8 Å². The number of hydrogen-bond donors (Lipinski definition) is 0. The summed E-state index contributed by atoms with van der Waals surface area (Å²) in [5, 5.41) is 0. The van der Waals surface area contributed by atoms with Crippen molar-refractivity contribution >= 4 is 11.8 Å². The molecule has 0 unspecified atom stereocenters. The van der Waals surface area contributed by atoms with Crippen LogP contribution < -0.4 is 0 Å². The van der Waals surface area contributed by atoms with Crippen LogP contribution in [0.5, 0.6) is 0 Å². The Hall–Kier alpha value is -1.51. The second-order valence-electron chi connectivity index (χ2n) is 3.59. The van der Waals surface area contributed by atoms with Gasteiger partial charge in [0.1, 0.15) is 5.41 Å². The Morgan fingerprint density at radius 3 is 2.07 bits per heavy atom. The fourth-order valence-electron chi connectivity index (χ4n) is 1.04. The number of rotatable bonds is 3. The third-order valence-corrected chi connectivity index (χ3v) is 2.10. The van der Waals surface area contributed by atoms with E-state index in [1.54, 1.807) is 30.3 Å². The van der Waals surface area contributed by atoms with Crippen molar-refractivity contribution in [3.05, 3.63) is 35.9 Å². The smallest absolute Gasteiger partial charge is 0.293 e. The molecule has 0 atom stereocenters. The van der Waals surface area contributed by atoms with E-state index < -0.39 is 17.2 Å². The summed E-state index contributed by atoms with van der Waals surface area (Å²) in [5.74, 6) is -0.495. The summed E-state index contributed by atoms with van der Waals surface area (Å²) < 4.78 is 12.6. The Kier molecular flexibility index (Phi) is 2.79. The minimum atomic E-state index is -1.61. The highest BCUT2D eigenvalue weighted by Gasteiger charge is 2.36. The first kappa shape index (κ1) is 10.6. The zero-order valence-electron chi connectivity index (χ0n) is 8.08. The van der Waals surface area contributed by atoms with Gasteiger partial charge in [-0.2, -0.15) is 4.39 Å². The predicted molar refractivity (Wildman–Crippen MR) is 50.7 cm³/mol. The van der Waals surface area contributed by atoms with Crippen LogP contribution in [0.3, 0.4) is 0 Å². The van der Waals surface area contributed by atoms with Gasteiger partial charge >= 0.3 is 6.04 Å². The third kappa shape index (κ3) is 1.87. The Labute approximate surface area is 81.7 Å². The number of carbonyl (C=O) groups excluding carboxylic acids is 2. The molecule has 0 amide bonds. The van der Waals surface area contributed by atoms with Gasteiger partial charge in [0.15, 0.2) is 5.78 Å². The van der Waals surface area contributed by atoms with Crippen molar-refractivity contribution in [1.29, 1.82) is 0 Å². The molecule has 0 saturated carbocycles. The van der Waals surface area contributed by atoms with Crippen molar-refractivity contribution in [2.75, 3.05) is 0 Å². The van der Waals surface area contributed by atoms with Gasteiger partial charge in [-0.3, -0.25) is 9.59 Å². The summed E-state index contributed by atoms with van der Waals surface area (Å²) in [6.07, 6.45) is 0. The predicted octanol–water partition coefficient (Wildman–Crippen LogP) is 2.39. The van der Waals surface area contributed by atoms with E-state index in [-0.39, 0.29) is 0 Å². The summed E-state index contributed by atoms with van der Waals surface area (Å²) in [4.78, 5) is 22.2. The molecule has 3 heteroatoms. The number of halogens is 1. The lowest BCUT2D eigenvalue weighted by atomic mass is 9.85. The maximum Gasteiger partial charge on any atom is 0.314 e. The largest absolute Gasteiger partial charge is 0.314 e. The average molecular weight is 194 g/mol. The van der Waals surface area contributed by atoms with Crippen LogP contribution in [0.15, 0.2) is 30.3 Å². The molecule has 0 radical (unpaired) electrons. The van der Waals surface area contributed by atoms with E-state index in [9.17, 15) is 14.0 Å². The van der Waals surface area contributed by atoms with Gasteiger partial charge in [-0.25, -0.2) is 0 Å².